The van der Waals surface area contributed by atoms with E-state index in [4.69, 9.17) is 4.74 Å². The summed E-state index contributed by atoms with van der Waals surface area (Å²) >= 11 is 0. The van der Waals surface area contributed by atoms with E-state index in [0.717, 1.165) is 13.1 Å². The van der Waals surface area contributed by atoms with E-state index in [1.54, 1.807) is 0 Å². The molecule has 0 aliphatic carbocycles. The molecule has 19 heavy (non-hydrogen) atoms. The smallest absolute Gasteiger partial charge is 0.337 e. The number of nitrogens with zero attached hydrogens (tertiary/aromatic N) is 1. The maximum atomic E-state index is 11.5. The van der Waals surface area contributed by atoms with Crippen LogP contribution in [0, 0.1) is 0 Å². The van der Waals surface area contributed by atoms with E-state index >= 15 is 0 Å². The van der Waals surface area contributed by atoms with Crippen molar-refractivity contribution in [2.75, 3.05) is 12.0 Å². The number of benzene rings is 2. The van der Waals surface area contributed by atoms with E-state index < -0.39 is 0 Å². The third kappa shape index (κ3) is 2.19. The topological polar surface area (TPSA) is 29.5 Å². The van der Waals surface area contributed by atoms with Crippen molar-refractivity contribution in [1.29, 1.82) is 0 Å². The van der Waals surface area contributed by atoms with Crippen molar-refractivity contribution in [1.82, 2.24) is 0 Å². The Labute approximate surface area is 112 Å². The number of para-hydroxylation sites is 1. The molecule has 1 aliphatic heterocycles. The molecule has 1 heterocycles. The van der Waals surface area contributed by atoms with Crippen LogP contribution in [0.25, 0.3) is 0 Å². The number of hydrogen-bond donors (Lipinski definition) is 0. The number of fused-ring (bicyclic) bond motifs is 1. The minimum atomic E-state index is -0.277. The van der Waals surface area contributed by atoms with Crippen molar-refractivity contribution < 1.29 is 9.53 Å². The summed E-state index contributed by atoms with van der Waals surface area (Å²) in [5, 5.41) is 0. The van der Waals surface area contributed by atoms with E-state index in [1.165, 1.54) is 23.9 Å². The normalized spacial score (nSPS) is 13.2. The molecule has 0 N–H and O–H groups in total. The molecule has 3 heteroatoms. The van der Waals surface area contributed by atoms with Gasteiger partial charge in [-0.2, -0.15) is 0 Å². The predicted octanol–water partition coefficient (Wildman–Crippen LogP) is 2.99. The van der Waals surface area contributed by atoms with Crippen LogP contribution in [-0.2, 0) is 17.8 Å². The second kappa shape index (κ2) is 4.76. The Morgan fingerprint density at radius 2 is 1.79 bits per heavy atom. The van der Waals surface area contributed by atoms with Crippen LogP contribution in [0.4, 0.5) is 5.69 Å². The zero-order valence-corrected chi connectivity index (χ0v) is 10.8. The average molecular weight is 253 g/mol. The van der Waals surface area contributed by atoms with Gasteiger partial charge in [0.05, 0.1) is 12.7 Å². The molecule has 1 aliphatic rings. The molecule has 0 saturated carbocycles. The van der Waals surface area contributed by atoms with Crippen LogP contribution in [0.3, 0.4) is 0 Å². The molecular formula is C16H15NO2. The molecule has 0 saturated heterocycles. The van der Waals surface area contributed by atoms with Crippen LogP contribution in [0.2, 0.25) is 0 Å². The molecule has 2 aromatic rings. The van der Waals surface area contributed by atoms with Crippen molar-refractivity contribution >= 4 is 11.7 Å². The predicted molar refractivity (Wildman–Crippen MR) is 74.1 cm³/mol. The number of carbonyl (C=O) groups is 1. The summed E-state index contributed by atoms with van der Waals surface area (Å²) in [7, 11) is 1.41. The van der Waals surface area contributed by atoms with Gasteiger partial charge in [0.1, 0.15) is 0 Å². The third-order valence-electron chi connectivity index (χ3n) is 3.47. The number of ether oxygens (including phenoxy) is 1. The van der Waals surface area contributed by atoms with Crippen molar-refractivity contribution in [2.24, 2.45) is 0 Å². The second-order valence-electron chi connectivity index (χ2n) is 4.67. The second-order valence-corrected chi connectivity index (χ2v) is 4.67. The lowest BCUT2D eigenvalue weighted by Crippen LogP contribution is -2.13. The van der Waals surface area contributed by atoms with Gasteiger partial charge in [0.25, 0.3) is 0 Å². The number of methoxy groups -OCH3 is 1. The van der Waals surface area contributed by atoms with Gasteiger partial charge in [-0.3, -0.25) is 0 Å². The van der Waals surface area contributed by atoms with Gasteiger partial charge < -0.3 is 9.64 Å². The zero-order valence-electron chi connectivity index (χ0n) is 10.8. The minimum Gasteiger partial charge on any atom is -0.465 e. The zero-order chi connectivity index (χ0) is 13.2. The van der Waals surface area contributed by atoms with Gasteiger partial charge in [-0.25, -0.2) is 4.79 Å². The van der Waals surface area contributed by atoms with Gasteiger partial charge >= 0.3 is 5.97 Å². The molecule has 0 radical (unpaired) electrons. The first-order chi connectivity index (χ1) is 9.28. The minimum absolute atomic E-state index is 0.277. The number of rotatable bonds is 2. The molecule has 0 fully saturated rings. The molecule has 96 valence electrons. The summed E-state index contributed by atoms with van der Waals surface area (Å²) in [4.78, 5) is 13.8. The van der Waals surface area contributed by atoms with Gasteiger partial charge in [0.15, 0.2) is 0 Å². The van der Waals surface area contributed by atoms with Gasteiger partial charge in [0.2, 0.25) is 0 Å². The Bertz CT molecular complexity index is 607. The Hall–Kier alpha value is -2.29. The first kappa shape index (κ1) is 11.8. The highest BCUT2D eigenvalue weighted by Crippen LogP contribution is 2.28. The standard InChI is InChI=1S/C16H15NO2/c1-19-16(18)12-7-8-13-10-17(11-14(13)9-12)15-5-3-2-4-6-15/h2-9H,10-11H2,1H3. The highest BCUT2D eigenvalue weighted by molar-refractivity contribution is 5.89. The fraction of sp³-hybridized carbons (Fsp3) is 0.188. The first-order valence-electron chi connectivity index (χ1n) is 6.28. The van der Waals surface area contributed by atoms with E-state index in [-0.39, 0.29) is 5.97 Å². The molecule has 3 nitrogen and oxygen atoms in total. The number of anilines is 1. The summed E-state index contributed by atoms with van der Waals surface area (Å²) in [6.07, 6.45) is 0. The molecule has 2 aromatic carbocycles. The number of hydrogen-bond acceptors (Lipinski definition) is 3. The van der Waals surface area contributed by atoms with Crippen LogP contribution in [0.5, 0.6) is 0 Å². The highest BCUT2D eigenvalue weighted by atomic mass is 16.5. The first-order valence-corrected chi connectivity index (χ1v) is 6.28. The highest BCUT2D eigenvalue weighted by Gasteiger charge is 2.20. The number of carbonyl (C=O) groups excluding carboxylic acids is 1. The molecular weight excluding hydrogens is 238 g/mol. The third-order valence-corrected chi connectivity index (χ3v) is 3.47. The van der Waals surface area contributed by atoms with Crippen LogP contribution in [0.1, 0.15) is 21.5 Å². The fourth-order valence-corrected chi connectivity index (χ4v) is 2.46. The van der Waals surface area contributed by atoms with Crippen molar-refractivity contribution in [3.63, 3.8) is 0 Å². The number of esters is 1. The Morgan fingerprint density at radius 3 is 2.53 bits per heavy atom. The average Bonchev–Trinajstić information content (AvgIpc) is 2.90. The maximum Gasteiger partial charge on any atom is 0.337 e. The van der Waals surface area contributed by atoms with E-state index in [9.17, 15) is 4.79 Å². The van der Waals surface area contributed by atoms with Crippen LogP contribution >= 0.6 is 0 Å². The molecule has 0 bridgehead atoms. The summed E-state index contributed by atoms with van der Waals surface area (Å²) in [5.74, 6) is -0.277. The van der Waals surface area contributed by atoms with Crippen LogP contribution in [0.15, 0.2) is 48.5 Å². The maximum absolute atomic E-state index is 11.5. The van der Waals surface area contributed by atoms with Crippen molar-refractivity contribution in [3.8, 4) is 0 Å². The largest absolute Gasteiger partial charge is 0.465 e. The lowest BCUT2D eigenvalue weighted by Gasteiger charge is -2.17. The summed E-state index contributed by atoms with van der Waals surface area (Å²) in [6, 6.07) is 16.1. The molecule has 0 aromatic heterocycles. The molecule has 0 spiro atoms. The lowest BCUT2D eigenvalue weighted by atomic mass is 10.1. The Kier molecular flexibility index (Phi) is 2.95. The fourth-order valence-electron chi connectivity index (χ4n) is 2.46. The van der Waals surface area contributed by atoms with Crippen molar-refractivity contribution in [3.05, 3.63) is 65.2 Å². The van der Waals surface area contributed by atoms with Gasteiger partial charge in [0, 0.05) is 18.8 Å². The summed E-state index contributed by atoms with van der Waals surface area (Å²) in [5.41, 5.74) is 4.30. The lowest BCUT2D eigenvalue weighted by molar-refractivity contribution is 0.0600. The van der Waals surface area contributed by atoms with Crippen LogP contribution < -0.4 is 4.90 Å². The van der Waals surface area contributed by atoms with E-state index in [1.807, 2.05) is 36.4 Å². The SMILES string of the molecule is COC(=O)c1ccc2c(c1)CN(c1ccccc1)C2. The quantitative estimate of drug-likeness (QED) is 0.771. The monoisotopic (exact) mass is 253 g/mol. The summed E-state index contributed by atoms with van der Waals surface area (Å²) in [6.45, 7) is 1.73. The van der Waals surface area contributed by atoms with Gasteiger partial charge in [-0.1, -0.05) is 24.3 Å². The molecule has 0 amide bonds. The van der Waals surface area contributed by atoms with Gasteiger partial charge in [-0.15, -0.1) is 0 Å². The molecule has 3 rings (SSSR count). The molecule has 0 atom stereocenters. The molecule has 0 unspecified atom stereocenters. The van der Waals surface area contributed by atoms with Crippen molar-refractivity contribution in [2.45, 2.75) is 13.1 Å². The van der Waals surface area contributed by atoms with E-state index in [0.29, 0.717) is 5.56 Å². The van der Waals surface area contributed by atoms with E-state index in [2.05, 4.69) is 17.0 Å². The van der Waals surface area contributed by atoms with Crippen LogP contribution in [-0.4, -0.2) is 13.1 Å². The Balaban J connectivity index is 1.86. The summed E-state index contributed by atoms with van der Waals surface area (Å²) < 4.78 is 4.75. The Morgan fingerprint density at radius 1 is 1.05 bits per heavy atom. The van der Waals surface area contributed by atoms with Gasteiger partial charge in [-0.05, 0) is 35.4 Å².